The fourth-order valence-corrected chi connectivity index (χ4v) is 2.53. The van der Waals surface area contributed by atoms with Crippen molar-refractivity contribution in [3.63, 3.8) is 0 Å². The van der Waals surface area contributed by atoms with Gasteiger partial charge in [-0.2, -0.15) is 0 Å². The average Bonchev–Trinajstić information content (AvgIpc) is 2.92. The summed E-state index contributed by atoms with van der Waals surface area (Å²) in [6.45, 7) is 7.20. The lowest BCUT2D eigenvalue weighted by molar-refractivity contribution is 0.160. The van der Waals surface area contributed by atoms with E-state index in [1.807, 2.05) is 0 Å². The van der Waals surface area contributed by atoms with E-state index < -0.39 is 0 Å². The molecule has 2 rings (SSSR count). The first kappa shape index (κ1) is 15.3. The van der Waals surface area contributed by atoms with Crippen LogP contribution in [0.3, 0.4) is 0 Å². The number of unbranched alkanes of at least 4 members (excludes halogenated alkanes) is 1. The highest BCUT2D eigenvalue weighted by Crippen LogP contribution is 2.18. The average molecular weight is 282 g/mol. The van der Waals surface area contributed by atoms with Crippen molar-refractivity contribution in [2.45, 2.75) is 39.2 Å². The molecule has 0 amide bonds. The number of methoxy groups -OCH3 is 1. The summed E-state index contributed by atoms with van der Waals surface area (Å²) in [6.07, 6.45) is 5.08. The van der Waals surface area contributed by atoms with Gasteiger partial charge in [0.2, 0.25) is 5.89 Å². The van der Waals surface area contributed by atoms with Crippen molar-refractivity contribution in [2.75, 3.05) is 38.6 Å². The number of nitrogens with zero attached hydrogens (tertiary/aromatic N) is 3. The third kappa shape index (κ3) is 4.76. The van der Waals surface area contributed by atoms with Crippen LogP contribution in [0.5, 0.6) is 0 Å². The molecule has 1 aromatic rings. The molecule has 0 saturated carbocycles. The second kappa shape index (κ2) is 8.21. The summed E-state index contributed by atoms with van der Waals surface area (Å²) in [6, 6.07) is 0.505. The highest BCUT2D eigenvalue weighted by Gasteiger charge is 2.19. The SMILES string of the molecule is CCCCN1CCC(CNc2nnc(COC)o2)CC1. The molecule has 1 fully saturated rings. The van der Waals surface area contributed by atoms with Gasteiger partial charge in [0.05, 0.1) is 0 Å². The number of hydrogen-bond acceptors (Lipinski definition) is 6. The van der Waals surface area contributed by atoms with Crippen LogP contribution in [0.15, 0.2) is 4.42 Å². The van der Waals surface area contributed by atoms with Gasteiger partial charge in [0.1, 0.15) is 6.61 Å². The van der Waals surface area contributed by atoms with Crippen LogP contribution in [-0.2, 0) is 11.3 Å². The number of likely N-dealkylation sites (tertiary alicyclic amines) is 1. The molecule has 0 atom stereocenters. The molecule has 1 saturated heterocycles. The molecule has 1 aromatic heterocycles. The number of rotatable bonds is 8. The summed E-state index contributed by atoms with van der Waals surface area (Å²) in [5.41, 5.74) is 0. The first-order chi connectivity index (χ1) is 9.81. The minimum Gasteiger partial charge on any atom is -0.406 e. The highest BCUT2D eigenvalue weighted by atomic mass is 16.5. The molecule has 0 aromatic carbocycles. The first-order valence-corrected chi connectivity index (χ1v) is 7.59. The number of anilines is 1. The smallest absolute Gasteiger partial charge is 0.315 e. The van der Waals surface area contributed by atoms with E-state index in [2.05, 4.69) is 27.3 Å². The fourth-order valence-electron chi connectivity index (χ4n) is 2.53. The van der Waals surface area contributed by atoms with Gasteiger partial charge >= 0.3 is 6.01 Å². The van der Waals surface area contributed by atoms with E-state index in [0.29, 0.717) is 24.4 Å². The monoisotopic (exact) mass is 282 g/mol. The quantitative estimate of drug-likeness (QED) is 0.788. The topological polar surface area (TPSA) is 63.4 Å². The molecule has 2 heterocycles. The Hall–Kier alpha value is -1.14. The second-order valence-electron chi connectivity index (χ2n) is 5.45. The van der Waals surface area contributed by atoms with Crippen molar-refractivity contribution < 1.29 is 9.15 Å². The standard InChI is InChI=1S/C14H26N4O2/c1-3-4-7-18-8-5-12(6-9-18)10-15-14-17-16-13(20-14)11-19-2/h12H,3-11H2,1-2H3,(H,15,17). The lowest BCUT2D eigenvalue weighted by Gasteiger charge is -2.31. The molecular weight excluding hydrogens is 256 g/mol. The lowest BCUT2D eigenvalue weighted by atomic mass is 9.97. The maximum absolute atomic E-state index is 5.42. The minimum atomic E-state index is 0.366. The van der Waals surface area contributed by atoms with Crippen LogP contribution in [0, 0.1) is 5.92 Å². The number of ether oxygens (including phenoxy) is 1. The Morgan fingerprint density at radius 2 is 2.15 bits per heavy atom. The van der Waals surface area contributed by atoms with Gasteiger partial charge < -0.3 is 19.4 Å². The van der Waals surface area contributed by atoms with Crippen LogP contribution in [0.25, 0.3) is 0 Å². The zero-order chi connectivity index (χ0) is 14.2. The van der Waals surface area contributed by atoms with Crippen LogP contribution in [0.1, 0.15) is 38.5 Å². The normalized spacial score (nSPS) is 17.5. The zero-order valence-corrected chi connectivity index (χ0v) is 12.6. The Morgan fingerprint density at radius 3 is 2.85 bits per heavy atom. The Balaban J connectivity index is 1.65. The van der Waals surface area contributed by atoms with Gasteiger partial charge in [0.15, 0.2) is 0 Å². The van der Waals surface area contributed by atoms with E-state index in [-0.39, 0.29) is 0 Å². The third-order valence-electron chi connectivity index (χ3n) is 3.81. The predicted molar refractivity (Wildman–Crippen MR) is 77.6 cm³/mol. The summed E-state index contributed by atoms with van der Waals surface area (Å²) >= 11 is 0. The molecule has 1 N–H and O–H groups in total. The highest BCUT2D eigenvalue weighted by molar-refractivity contribution is 5.16. The molecule has 0 radical (unpaired) electrons. The summed E-state index contributed by atoms with van der Waals surface area (Å²) in [4.78, 5) is 2.57. The van der Waals surface area contributed by atoms with Gasteiger partial charge in [-0.25, -0.2) is 0 Å². The van der Waals surface area contributed by atoms with Crippen LogP contribution < -0.4 is 5.32 Å². The van der Waals surface area contributed by atoms with Crippen molar-refractivity contribution in [3.8, 4) is 0 Å². The molecule has 1 aliphatic rings. The summed E-state index contributed by atoms with van der Waals surface area (Å²) < 4.78 is 10.4. The Bertz CT molecular complexity index is 375. The molecule has 1 aliphatic heterocycles. The molecular formula is C14H26N4O2. The van der Waals surface area contributed by atoms with E-state index in [1.165, 1.54) is 45.3 Å². The summed E-state index contributed by atoms with van der Waals surface area (Å²) in [5, 5.41) is 11.1. The first-order valence-electron chi connectivity index (χ1n) is 7.59. The number of aromatic nitrogens is 2. The van der Waals surface area contributed by atoms with E-state index in [4.69, 9.17) is 9.15 Å². The molecule has 0 spiro atoms. The van der Waals surface area contributed by atoms with E-state index in [9.17, 15) is 0 Å². The Labute approximate surface area is 120 Å². The number of nitrogens with one attached hydrogen (secondary N) is 1. The summed E-state index contributed by atoms with van der Waals surface area (Å²) in [5.74, 6) is 1.22. The molecule has 20 heavy (non-hydrogen) atoms. The van der Waals surface area contributed by atoms with Crippen molar-refractivity contribution in [3.05, 3.63) is 5.89 Å². The van der Waals surface area contributed by atoms with Gasteiger partial charge in [-0.3, -0.25) is 0 Å². The number of hydrogen-bond donors (Lipinski definition) is 1. The van der Waals surface area contributed by atoms with Gasteiger partial charge in [-0.05, 0) is 44.8 Å². The van der Waals surface area contributed by atoms with E-state index in [1.54, 1.807) is 7.11 Å². The van der Waals surface area contributed by atoms with Gasteiger partial charge in [-0.1, -0.05) is 18.4 Å². The maximum Gasteiger partial charge on any atom is 0.315 e. The Kier molecular flexibility index (Phi) is 6.26. The Morgan fingerprint density at radius 1 is 1.35 bits per heavy atom. The van der Waals surface area contributed by atoms with Crippen molar-refractivity contribution in [1.82, 2.24) is 15.1 Å². The summed E-state index contributed by atoms with van der Waals surface area (Å²) in [7, 11) is 1.61. The largest absolute Gasteiger partial charge is 0.406 e. The van der Waals surface area contributed by atoms with E-state index in [0.717, 1.165) is 6.54 Å². The predicted octanol–water partition coefficient (Wildman–Crippen LogP) is 2.14. The van der Waals surface area contributed by atoms with Gasteiger partial charge in [-0.15, -0.1) is 5.10 Å². The fraction of sp³-hybridized carbons (Fsp3) is 0.857. The molecule has 0 unspecified atom stereocenters. The van der Waals surface area contributed by atoms with Crippen molar-refractivity contribution in [1.29, 1.82) is 0 Å². The maximum atomic E-state index is 5.42. The molecule has 6 heteroatoms. The van der Waals surface area contributed by atoms with Gasteiger partial charge in [0, 0.05) is 13.7 Å². The second-order valence-corrected chi connectivity index (χ2v) is 5.45. The minimum absolute atomic E-state index is 0.366. The third-order valence-corrected chi connectivity index (χ3v) is 3.81. The number of piperidine rings is 1. The zero-order valence-electron chi connectivity index (χ0n) is 12.6. The molecule has 0 bridgehead atoms. The molecule has 0 aliphatic carbocycles. The molecule has 6 nitrogen and oxygen atoms in total. The molecule has 114 valence electrons. The van der Waals surface area contributed by atoms with Crippen LogP contribution in [0.2, 0.25) is 0 Å². The van der Waals surface area contributed by atoms with Crippen molar-refractivity contribution >= 4 is 6.01 Å². The van der Waals surface area contributed by atoms with E-state index >= 15 is 0 Å². The van der Waals surface area contributed by atoms with Crippen LogP contribution in [0.4, 0.5) is 6.01 Å². The van der Waals surface area contributed by atoms with Gasteiger partial charge in [0.25, 0.3) is 0 Å². The van der Waals surface area contributed by atoms with Crippen molar-refractivity contribution in [2.24, 2.45) is 5.92 Å². The van der Waals surface area contributed by atoms with Crippen LogP contribution >= 0.6 is 0 Å². The van der Waals surface area contributed by atoms with Crippen LogP contribution in [-0.4, -0.2) is 48.4 Å². The lowest BCUT2D eigenvalue weighted by Crippen LogP contribution is -2.36.